The molecule has 0 spiro atoms. The van der Waals surface area contributed by atoms with Gasteiger partial charge < -0.3 is 4.74 Å². The van der Waals surface area contributed by atoms with Crippen LogP contribution in [0.25, 0.3) is 0 Å². The Morgan fingerprint density at radius 1 is 1.17 bits per heavy atom. The van der Waals surface area contributed by atoms with E-state index in [1.807, 2.05) is 0 Å². The molecule has 0 radical (unpaired) electrons. The topological polar surface area (TPSA) is 84.9 Å². The third kappa shape index (κ3) is 2.67. The van der Waals surface area contributed by atoms with Crippen molar-refractivity contribution in [2.75, 3.05) is 6.61 Å². The van der Waals surface area contributed by atoms with Crippen molar-refractivity contribution in [1.29, 1.82) is 0 Å². The second-order valence-electron chi connectivity index (χ2n) is 11.1. The molecule has 4 aliphatic rings. The van der Waals surface area contributed by atoms with Crippen molar-refractivity contribution in [3.63, 3.8) is 0 Å². The van der Waals surface area contributed by atoms with Gasteiger partial charge in [0.1, 0.15) is 0 Å². The van der Waals surface area contributed by atoms with Crippen LogP contribution in [0.15, 0.2) is 0 Å². The number of H-pyrrole nitrogens is 1. The highest BCUT2D eigenvalue weighted by Crippen LogP contribution is 2.67. The highest BCUT2D eigenvalue weighted by Gasteiger charge is 2.62. The minimum Gasteiger partial charge on any atom is -0.466 e. The Morgan fingerprint density at radius 3 is 2.73 bits per heavy atom. The lowest BCUT2D eigenvalue weighted by molar-refractivity contribution is -0.143. The Bertz CT molecular complexity index is 866. The van der Waals surface area contributed by atoms with Gasteiger partial charge in [-0.15, -0.1) is 0 Å². The molecule has 1 aromatic rings. The van der Waals surface area contributed by atoms with Crippen LogP contribution >= 0.6 is 0 Å². The third-order valence-corrected chi connectivity index (χ3v) is 9.97. The van der Waals surface area contributed by atoms with E-state index in [1.165, 1.54) is 39.0 Å². The van der Waals surface area contributed by atoms with Gasteiger partial charge in [-0.05, 0) is 79.4 Å². The molecule has 30 heavy (non-hydrogen) atoms. The van der Waals surface area contributed by atoms with Crippen LogP contribution < -0.4 is 0 Å². The van der Waals surface area contributed by atoms with E-state index >= 15 is 0 Å². The fourth-order valence-corrected chi connectivity index (χ4v) is 8.58. The predicted molar refractivity (Wildman–Crippen MR) is 112 cm³/mol. The van der Waals surface area contributed by atoms with Gasteiger partial charge in [-0.3, -0.25) is 9.59 Å². The number of carbonyl (C=O) groups excluding carboxylic acids is 2. The number of hydrogen-bond donors (Lipinski definition) is 1. The Labute approximate surface area is 178 Å². The van der Waals surface area contributed by atoms with Crippen molar-refractivity contribution >= 4 is 11.8 Å². The fourth-order valence-electron chi connectivity index (χ4n) is 8.58. The average molecular weight is 414 g/mol. The summed E-state index contributed by atoms with van der Waals surface area (Å²) < 4.78 is 5.38. The maximum Gasteiger partial charge on any atom is 0.302 e. The van der Waals surface area contributed by atoms with Crippen LogP contribution in [-0.2, 0) is 14.9 Å². The van der Waals surface area contributed by atoms with Crippen molar-refractivity contribution in [3.05, 3.63) is 11.4 Å². The molecule has 0 aromatic carbocycles. The summed E-state index contributed by atoms with van der Waals surface area (Å²) in [6.07, 6.45) is 7.91. The Balaban J connectivity index is 1.43. The predicted octanol–water partition coefficient (Wildman–Crippen LogP) is 4.32. The molecule has 164 valence electrons. The van der Waals surface area contributed by atoms with Gasteiger partial charge in [-0.25, -0.2) is 0 Å². The van der Waals surface area contributed by atoms with Crippen molar-refractivity contribution in [1.82, 2.24) is 15.4 Å². The van der Waals surface area contributed by atoms with Gasteiger partial charge in [0.15, 0.2) is 11.5 Å². The van der Waals surface area contributed by atoms with Crippen molar-refractivity contribution in [3.8, 4) is 0 Å². The molecule has 0 saturated heterocycles. The molecule has 1 unspecified atom stereocenters. The summed E-state index contributed by atoms with van der Waals surface area (Å²) in [5.41, 5.74) is 1.82. The molecular weight excluding hydrogens is 378 g/mol. The second kappa shape index (κ2) is 6.89. The number of hydrogen-bond acceptors (Lipinski definition) is 5. The molecule has 3 fully saturated rings. The summed E-state index contributed by atoms with van der Waals surface area (Å²) in [6, 6.07) is 0. The van der Waals surface area contributed by atoms with E-state index in [4.69, 9.17) is 4.74 Å². The molecule has 4 aliphatic carbocycles. The normalized spacial score (nSPS) is 43.2. The largest absolute Gasteiger partial charge is 0.466 e. The van der Waals surface area contributed by atoms with Crippen LogP contribution in [0, 0.1) is 40.9 Å². The number of ketones is 1. The van der Waals surface area contributed by atoms with E-state index < -0.39 is 0 Å². The molecule has 6 heteroatoms. The molecule has 0 aliphatic heterocycles. The molecule has 6 nitrogen and oxygen atoms in total. The van der Waals surface area contributed by atoms with Crippen LogP contribution in [0.4, 0.5) is 0 Å². The maximum atomic E-state index is 12.6. The first-order valence-electron chi connectivity index (χ1n) is 11.8. The van der Waals surface area contributed by atoms with Gasteiger partial charge in [0.25, 0.3) is 0 Å². The third-order valence-electron chi connectivity index (χ3n) is 9.97. The smallest absolute Gasteiger partial charge is 0.302 e. The number of nitrogens with zero attached hydrogens (tertiary/aromatic N) is 2. The van der Waals surface area contributed by atoms with Crippen LogP contribution in [0.5, 0.6) is 0 Å². The van der Waals surface area contributed by atoms with E-state index in [9.17, 15) is 9.59 Å². The first kappa shape index (κ1) is 20.2. The van der Waals surface area contributed by atoms with Gasteiger partial charge in [-0.1, -0.05) is 20.8 Å². The summed E-state index contributed by atoms with van der Waals surface area (Å²) in [5.74, 6) is 3.39. The molecule has 5 rings (SSSR count). The van der Waals surface area contributed by atoms with E-state index in [0.717, 1.165) is 12.1 Å². The van der Waals surface area contributed by atoms with Crippen LogP contribution in [0.3, 0.4) is 0 Å². The van der Waals surface area contributed by atoms with E-state index in [2.05, 4.69) is 36.2 Å². The maximum absolute atomic E-state index is 12.6. The number of rotatable bonds is 3. The monoisotopic (exact) mass is 413 g/mol. The van der Waals surface area contributed by atoms with Crippen LogP contribution in [0.2, 0.25) is 0 Å². The number of Topliss-reactive ketones (excluding diaryl/α,β-unsaturated/α-hetero) is 1. The van der Waals surface area contributed by atoms with Crippen molar-refractivity contribution in [2.24, 2.45) is 40.9 Å². The molecule has 1 heterocycles. The van der Waals surface area contributed by atoms with Crippen molar-refractivity contribution < 1.29 is 14.3 Å². The van der Waals surface area contributed by atoms with E-state index in [-0.39, 0.29) is 17.2 Å². The zero-order chi connectivity index (χ0) is 21.3. The van der Waals surface area contributed by atoms with Gasteiger partial charge in [-0.2, -0.15) is 15.4 Å². The van der Waals surface area contributed by atoms with Gasteiger partial charge in [0.05, 0.1) is 12.3 Å². The van der Waals surface area contributed by atoms with Crippen molar-refractivity contribution in [2.45, 2.75) is 78.1 Å². The number of aromatic amines is 1. The number of esters is 1. The first-order chi connectivity index (χ1) is 14.3. The van der Waals surface area contributed by atoms with Gasteiger partial charge in [0.2, 0.25) is 0 Å². The lowest BCUT2D eigenvalue weighted by atomic mass is 9.44. The number of aromatic nitrogens is 3. The lowest BCUT2D eigenvalue weighted by Crippen LogP contribution is -2.56. The number of nitrogens with one attached hydrogen (secondary N) is 1. The van der Waals surface area contributed by atoms with E-state index in [0.29, 0.717) is 59.6 Å². The van der Waals surface area contributed by atoms with Gasteiger partial charge in [0, 0.05) is 18.8 Å². The minimum atomic E-state index is -0.174. The first-order valence-corrected chi connectivity index (χ1v) is 11.8. The fraction of sp³-hybridized carbons (Fsp3) is 0.833. The molecule has 0 amide bonds. The van der Waals surface area contributed by atoms with Gasteiger partial charge >= 0.3 is 5.97 Å². The minimum absolute atomic E-state index is 0.0397. The quantitative estimate of drug-likeness (QED) is 0.746. The molecular formula is C24H35N3O3. The Kier molecular flexibility index (Phi) is 4.64. The summed E-state index contributed by atoms with van der Waals surface area (Å²) in [5, 5.41) is 11.5. The number of fused-ring (bicyclic) bond motifs is 7. The number of carbonyl (C=O) groups is 2. The SMILES string of the molecule is CC(=O)OCC(C)[C@H]1CC[C@H]2[C@@H]3CC[C@H]4CC(=O)c5n[nH]nc5[C@]4(C)[C@H]3CC[C@]12C. The molecule has 0 bridgehead atoms. The Morgan fingerprint density at radius 2 is 1.97 bits per heavy atom. The standard InChI is InChI=1S/C24H35N3O3/c1-13(12-30-14(2)28)17-7-8-18-16-6-5-15-11-20(29)21-22(26-27-25-21)24(15,4)19(16)9-10-23(17,18)3/h13,15-19H,5-12H2,1-4H3,(H,25,26,27)/t13?,15-,16-,17+,18-,19-,23+,24-/m0/s1. The van der Waals surface area contributed by atoms with Crippen LogP contribution in [-0.4, -0.2) is 33.8 Å². The highest BCUT2D eigenvalue weighted by atomic mass is 16.5. The zero-order valence-corrected chi connectivity index (χ0v) is 18.7. The van der Waals surface area contributed by atoms with E-state index in [1.54, 1.807) is 0 Å². The average Bonchev–Trinajstić information content (AvgIpc) is 3.33. The summed E-state index contributed by atoms with van der Waals surface area (Å²) >= 11 is 0. The summed E-state index contributed by atoms with van der Waals surface area (Å²) in [7, 11) is 0. The highest BCUT2D eigenvalue weighted by molar-refractivity contribution is 5.97. The zero-order valence-electron chi connectivity index (χ0n) is 18.7. The summed E-state index contributed by atoms with van der Waals surface area (Å²) in [6.45, 7) is 9.20. The summed E-state index contributed by atoms with van der Waals surface area (Å²) in [4.78, 5) is 23.9. The number of ether oxygens (including phenoxy) is 1. The molecule has 8 atom stereocenters. The molecule has 1 N–H and O–H groups in total. The second-order valence-corrected chi connectivity index (χ2v) is 11.1. The van der Waals surface area contributed by atoms with Crippen LogP contribution in [0.1, 0.15) is 88.8 Å². The lowest BCUT2D eigenvalue weighted by Gasteiger charge is -2.59. The Hall–Kier alpha value is -1.72. The molecule has 3 saturated carbocycles. The molecule has 1 aromatic heterocycles.